The number of ether oxygens (including phenoxy) is 1. The van der Waals surface area contributed by atoms with Crippen molar-refractivity contribution in [3.63, 3.8) is 0 Å². The highest BCUT2D eigenvalue weighted by molar-refractivity contribution is 5.80. The highest BCUT2D eigenvalue weighted by Crippen LogP contribution is 2.39. The minimum atomic E-state index is 0.257. The SMILES string of the molecule is CC1(C)CCN(CCOc2ccc3[nH]ccc3c2)c2ccccc21. The Bertz CT molecular complexity index is 850. The van der Waals surface area contributed by atoms with E-state index in [2.05, 4.69) is 66.2 Å². The van der Waals surface area contributed by atoms with Crippen LogP contribution in [0.2, 0.25) is 0 Å². The maximum atomic E-state index is 6.00. The third kappa shape index (κ3) is 2.75. The Labute approximate surface area is 143 Å². The molecule has 0 atom stereocenters. The van der Waals surface area contributed by atoms with Gasteiger partial charge in [0.2, 0.25) is 0 Å². The summed E-state index contributed by atoms with van der Waals surface area (Å²) in [6, 6.07) is 17.1. The molecule has 3 aromatic rings. The molecule has 3 nitrogen and oxygen atoms in total. The summed E-state index contributed by atoms with van der Waals surface area (Å²) in [4.78, 5) is 5.66. The number of anilines is 1. The monoisotopic (exact) mass is 320 g/mol. The molecule has 3 heteroatoms. The van der Waals surface area contributed by atoms with Gasteiger partial charge in [-0.25, -0.2) is 0 Å². The van der Waals surface area contributed by atoms with E-state index in [1.165, 1.54) is 23.1 Å². The van der Waals surface area contributed by atoms with Gasteiger partial charge in [0.15, 0.2) is 0 Å². The van der Waals surface area contributed by atoms with Gasteiger partial charge < -0.3 is 14.6 Å². The fourth-order valence-electron chi connectivity index (χ4n) is 3.62. The molecule has 124 valence electrons. The summed E-state index contributed by atoms with van der Waals surface area (Å²) in [7, 11) is 0. The van der Waals surface area contributed by atoms with Crippen LogP contribution in [0.3, 0.4) is 0 Å². The van der Waals surface area contributed by atoms with Crippen LogP contribution in [-0.2, 0) is 5.41 Å². The highest BCUT2D eigenvalue weighted by atomic mass is 16.5. The lowest BCUT2D eigenvalue weighted by Gasteiger charge is -2.40. The Morgan fingerprint density at radius 2 is 2.00 bits per heavy atom. The zero-order chi connectivity index (χ0) is 16.6. The van der Waals surface area contributed by atoms with Crippen LogP contribution >= 0.6 is 0 Å². The Morgan fingerprint density at radius 3 is 2.92 bits per heavy atom. The third-order valence-corrected chi connectivity index (χ3v) is 5.14. The second kappa shape index (κ2) is 5.90. The number of aromatic amines is 1. The normalized spacial score (nSPS) is 16.2. The Balaban J connectivity index is 1.44. The number of H-pyrrole nitrogens is 1. The average Bonchev–Trinajstić information content (AvgIpc) is 3.05. The number of nitrogens with zero attached hydrogens (tertiary/aromatic N) is 1. The van der Waals surface area contributed by atoms with Crippen LogP contribution in [0, 0.1) is 0 Å². The van der Waals surface area contributed by atoms with Crippen molar-refractivity contribution in [1.29, 1.82) is 0 Å². The largest absolute Gasteiger partial charge is 0.492 e. The summed E-state index contributed by atoms with van der Waals surface area (Å²) in [6.45, 7) is 7.38. The van der Waals surface area contributed by atoms with Crippen LogP contribution in [0.25, 0.3) is 10.9 Å². The number of rotatable bonds is 4. The van der Waals surface area contributed by atoms with Gasteiger partial charge in [0.1, 0.15) is 12.4 Å². The average molecular weight is 320 g/mol. The molecule has 0 fully saturated rings. The first-order valence-corrected chi connectivity index (χ1v) is 8.68. The minimum absolute atomic E-state index is 0.257. The van der Waals surface area contributed by atoms with E-state index >= 15 is 0 Å². The predicted molar refractivity (Wildman–Crippen MR) is 100 cm³/mol. The molecule has 4 rings (SSSR count). The van der Waals surface area contributed by atoms with Crippen molar-refractivity contribution in [1.82, 2.24) is 4.98 Å². The van der Waals surface area contributed by atoms with Crippen LogP contribution in [-0.4, -0.2) is 24.7 Å². The van der Waals surface area contributed by atoms with E-state index in [-0.39, 0.29) is 5.41 Å². The summed E-state index contributed by atoms with van der Waals surface area (Å²) in [6.07, 6.45) is 3.14. The number of hydrogen-bond acceptors (Lipinski definition) is 2. The zero-order valence-electron chi connectivity index (χ0n) is 14.4. The number of para-hydroxylation sites is 1. The molecule has 0 bridgehead atoms. The molecule has 0 saturated heterocycles. The maximum absolute atomic E-state index is 6.00. The summed E-state index contributed by atoms with van der Waals surface area (Å²) < 4.78 is 6.00. The standard InChI is InChI=1S/C21H24N2O/c1-21(2)10-12-23(20-6-4-3-5-18(20)21)13-14-24-17-7-8-19-16(15-17)9-11-22-19/h3-9,11,15,22H,10,12-14H2,1-2H3. The van der Waals surface area contributed by atoms with Gasteiger partial charge in [-0.15, -0.1) is 0 Å². The molecule has 1 aliphatic heterocycles. The Kier molecular flexibility index (Phi) is 3.72. The van der Waals surface area contributed by atoms with E-state index in [9.17, 15) is 0 Å². The fraction of sp³-hybridized carbons (Fsp3) is 0.333. The topological polar surface area (TPSA) is 28.3 Å². The van der Waals surface area contributed by atoms with Gasteiger partial charge in [0, 0.05) is 29.3 Å². The molecule has 1 aliphatic rings. The third-order valence-electron chi connectivity index (χ3n) is 5.14. The second-order valence-corrected chi connectivity index (χ2v) is 7.21. The van der Waals surface area contributed by atoms with Crippen LogP contribution in [0.1, 0.15) is 25.8 Å². The van der Waals surface area contributed by atoms with Gasteiger partial charge in [0.25, 0.3) is 0 Å². The van der Waals surface area contributed by atoms with Gasteiger partial charge in [0.05, 0.1) is 6.54 Å². The van der Waals surface area contributed by atoms with Gasteiger partial charge in [-0.05, 0) is 47.7 Å². The molecule has 0 amide bonds. The number of hydrogen-bond donors (Lipinski definition) is 1. The second-order valence-electron chi connectivity index (χ2n) is 7.21. The van der Waals surface area contributed by atoms with E-state index in [4.69, 9.17) is 4.74 Å². The van der Waals surface area contributed by atoms with Gasteiger partial charge in [-0.2, -0.15) is 0 Å². The van der Waals surface area contributed by atoms with Gasteiger partial charge >= 0.3 is 0 Å². The summed E-state index contributed by atoms with van der Waals surface area (Å²) in [5.74, 6) is 0.938. The van der Waals surface area contributed by atoms with E-state index in [1.807, 2.05) is 12.3 Å². The van der Waals surface area contributed by atoms with E-state index in [1.54, 1.807) is 0 Å². The maximum Gasteiger partial charge on any atom is 0.120 e. The van der Waals surface area contributed by atoms with Crippen molar-refractivity contribution in [3.05, 3.63) is 60.3 Å². The summed E-state index contributed by atoms with van der Waals surface area (Å²) in [5, 5.41) is 1.19. The molecule has 0 saturated carbocycles. The minimum Gasteiger partial charge on any atom is -0.492 e. The lowest BCUT2D eigenvalue weighted by atomic mass is 9.78. The van der Waals surface area contributed by atoms with Crippen LogP contribution in [0.4, 0.5) is 5.69 Å². The fourth-order valence-corrected chi connectivity index (χ4v) is 3.62. The molecule has 24 heavy (non-hydrogen) atoms. The first-order valence-electron chi connectivity index (χ1n) is 8.68. The van der Waals surface area contributed by atoms with E-state index in [0.717, 1.165) is 24.4 Å². The van der Waals surface area contributed by atoms with Crippen LogP contribution in [0.5, 0.6) is 5.75 Å². The molecule has 0 radical (unpaired) electrons. The first-order chi connectivity index (χ1) is 11.6. The van der Waals surface area contributed by atoms with Crippen molar-refractivity contribution >= 4 is 16.6 Å². The van der Waals surface area contributed by atoms with E-state index < -0.39 is 0 Å². The Morgan fingerprint density at radius 1 is 1.12 bits per heavy atom. The molecular weight excluding hydrogens is 296 g/mol. The van der Waals surface area contributed by atoms with E-state index in [0.29, 0.717) is 6.61 Å². The molecular formula is C21H24N2O. The molecule has 2 aromatic carbocycles. The number of aromatic nitrogens is 1. The predicted octanol–water partition coefficient (Wildman–Crippen LogP) is 4.73. The number of fused-ring (bicyclic) bond motifs is 2. The molecule has 1 aromatic heterocycles. The lowest BCUT2D eigenvalue weighted by Crippen LogP contribution is -2.39. The molecule has 1 N–H and O–H groups in total. The van der Waals surface area contributed by atoms with Crippen molar-refractivity contribution in [3.8, 4) is 5.75 Å². The van der Waals surface area contributed by atoms with Gasteiger partial charge in [-0.3, -0.25) is 0 Å². The Hall–Kier alpha value is -2.42. The number of nitrogens with one attached hydrogen (secondary N) is 1. The zero-order valence-corrected chi connectivity index (χ0v) is 14.4. The van der Waals surface area contributed by atoms with Crippen molar-refractivity contribution in [2.24, 2.45) is 0 Å². The molecule has 2 heterocycles. The van der Waals surface area contributed by atoms with Gasteiger partial charge in [-0.1, -0.05) is 32.0 Å². The van der Waals surface area contributed by atoms with Crippen molar-refractivity contribution in [2.45, 2.75) is 25.7 Å². The number of benzene rings is 2. The first kappa shape index (κ1) is 15.1. The summed E-state index contributed by atoms with van der Waals surface area (Å²) >= 11 is 0. The van der Waals surface area contributed by atoms with Crippen LogP contribution in [0.15, 0.2) is 54.7 Å². The smallest absolute Gasteiger partial charge is 0.120 e. The summed E-state index contributed by atoms with van der Waals surface area (Å²) in [5.41, 5.74) is 4.21. The molecule has 0 aliphatic carbocycles. The van der Waals surface area contributed by atoms with Crippen molar-refractivity contribution in [2.75, 3.05) is 24.6 Å². The van der Waals surface area contributed by atoms with Crippen molar-refractivity contribution < 1.29 is 4.74 Å². The lowest BCUT2D eigenvalue weighted by molar-refractivity contribution is 0.319. The molecule has 0 spiro atoms. The molecule has 0 unspecified atom stereocenters. The van der Waals surface area contributed by atoms with Crippen LogP contribution < -0.4 is 9.64 Å². The highest BCUT2D eigenvalue weighted by Gasteiger charge is 2.30. The quantitative estimate of drug-likeness (QED) is 0.752.